The number of thiazole rings is 2. The highest BCUT2D eigenvalue weighted by molar-refractivity contribution is 7.22. The second-order valence-corrected chi connectivity index (χ2v) is 16.1. The van der Waals surface area contributed by atoms with Crippen molar-refractivity contribution in [2.24, 2.45) is 11.8 Å². The average Bonchev–Trinajstić information content (AvgIpc) is 3.75. The monoisotopic (exact) mass is 768 g/mol. The molecule has 0 bridgehead atoms. The molecule has 2 aliphatic rings. The third-order valence-corrected chi connectivity index (χ3v) is 12.4. The zero-order valence-electron chi connectivity index (χ0n) is 29.3. The number of rotatable bonds is 11. The maximum Gasteiger partial charge on any atom is 0.310 e. The Morgan fingerprint density at radius 1 is 0.843 bits per heavy atom. The van der Waals surface area contributed by atoms with E-state index < -0.39 is 0 Å². The van der Waals surface area contributed by atoms with E-state index in [0.29, 0.717) is 31.7 Å². The number of aliphatic hydroxyl groups excluding tert-OH is 1. The van der Waals surface area contributed by atoms with Crippen LogP contribution in [0.25, 0.3) is 20.4 Å². The molecule has 8 nitrogen and oxygen atoms in total. The molecule has 0 radical (unpaired) electrons. The molecule has 0 atom stereocenters. The number of piperidine rings is 2. The third-order valence-electron chi connectivity index (χ3n) is 9.81. The molecule has 2 fully saturated rings. The highest BCUT2D eigenvalue weighted by atomic mass is 35.5. The van der Waals surface area contributed by atoms with Crippen LogP contribution in [0.5, 0.6) is 5.75 Å². The number of anilines is 2. The maximum absolute atomic E-state index is 11.8. The number of aliphatic hydroxyl groups is 1. The van der Waals surface area contributed by atoms with Crippen LogP contribution in [0.15, 0.2) is 54.6 Å². The van der Waals surface area contributed by atoms with E-state index in [1.165, 1.54) is 0 Å². The molecule has 272 valence electrons. The highest BCUT2D eigenvalue weighted by Gasteiger charge is 2.23. The summed E-state index contributed by atoms with van der Waals surface area (Å²) in [7, 11) is 0. The van der Waals surface area contributed by atoms with Crippen LogP contribution in [0.3, 0.4) is 0 Å². The highest BCUT2D eigenvalue weighted by Crippen LogP contribution is 2.35. The molecule has 0 spiro atoms. The lowest BCUT2D eigenvalue weighted by Gasteiger charge is -2.31. The fourth-order valence-corrected chi connectivity index (χ4v) is 9.35. The van der Waals surface area contributed by atoms with Gasteiger partial charge in [0.1, 0.15) is 5.75 Å². The molecule has 0 unspecified atom stereocenters. The van der Waals surface area contributed by atoms with Crippen LogP contribution in [-0.2, 0) is 16.0 Å². The van der Waals surface area contributed by atoms with Crippen molar-refractivity contribution >= 4 is 82.5 Å². The molecule has 2 saturated heterocycles. The van der Waals surface area contributed by atoms with E-state index in [0.717, 1.165) is 122 Å². The summed E-state index contributed by atoms with van der Waals surface area (Å²) in [6.07, 6.45) is 6.83. The molecule has 0 amide bonds. The first-order chi connectivity index (χ1) is 24.8. The molecular formula is C39H46Cl2N4O4S2. The smallest absolute Gasteiger partial charge is 0.310 e. The van der Waals surface area contributed by atoms with Crippen LogP contribution < -0.4 is 14.5 Å². The summed E-state index contributed by atoms with van der Waals surface area (Å²) in [6.45, 7) is 9.35. The van der Waals surface area contributed by atoms with Crippen LogP contribution in [0.4, 0.5) is 10.3 Å². The zero-order chi connectivity index (χ0) is 35.7. The van der Waals surface area contributed by atoms with Gasteiger partial charge in [0.2, 0.25) is 0 Å². The fourth-order valence-electron chi connectivity index (χ4n) is 6.76. The van der Waals surface area contributed by atoms with Gasteiger partial charge in [0, 0.05) is 42.8 Å². The quantitative estimate of drug-likeness (QED) is 0.133. The number of nitrogens with zero attached hydrogens (tertiary/aromatic N) is 4. The lowest BCUT2D eigenvalue weighted by molar-refractivity contribution is -0.142. The van der Waals surface area contributed by atoms with E-state index in [9.17, 15) is 4.79 Å². The second-order valence-electron chi connectivity index (χ2n) is 13.2. The van der Waals surface area contributed by atoms with Crippen molar-refractivity contribution in [3.63, 3.8) is 0 Å². The summed E-state index contributed by atoms with van der Waals surface area (Å²) in [5.74, 6) is 1.98. The van der Waals surface area contributed by atoms with Gasteiger partial charge in [-0.25, -0.2) is 9.97 Å². The Morgan fingerprint density at radius 2 is 1.39 bits per heavy atom. The minimum absolute atomic E-state index is 0.198. The van der Waals surface area contributed by atoms with Crippen LogP contribution in [-0.4, -0.2) is 67.0 Å². The van der Waals surface area contributed by atoms with Crippen LogP contribution in [0.1, 0.15) is 56.6 Å². The topological polar surface area (TPSA) is 88.0 Å². The second kappa shape index (κ2) is 18.1. The molecule has 4 heterocycles. The van der Waals surface area contributed by atoms with Gasteiger partial charge < -0.3 is 24.4 Å². The van der Waals surface area contributed by atoms with Crippen LogP contribution >= 0.6 is 45.9 Å². The summed E-state index contributed by atoms with van der Waals surface area (Å²) in [5.41, 5.74) is 4.03. The molecule has 0 aliphatic carbocycles. The molecule has 2 aromatic heterocycles. The van der Waals surface area contributed by atoms with Gasteiger partial charge in [-0.1, -0.05) is 58.0 Å². The largest absolute Gasteiger partial charge is 0.493 e. The summed E-state index contributed by atoms with van der Waals surface area (Å²) < 4.78 is 13.5. The Kier molecular flexibility index (Phi) is 13.3. The van der Waals surface area contributed by atoms with Gasteiger partial charge in [-0.15, -0.1) is 0 Å². The van der Waals surface area contributed by atoms with Gasteiger partial charge in [-0.05, 0) is 118 Å². The Bertz CT molecular complexity index is 1900. The molecule has 51 heavy (non-hydrogen) atoms. The number of esters is 1. The van der Waals surface area contributed by atoms with Crippen molar-refractivity contribution in [2.45, 2.75) is 58.8 Å². The third kappa shape index (κ3) is 10.0. The lowest BCUT2D eigenvalue weighted by Crippen LogP contribution is -2.34. The number of fused-ring (bicyclic) bond motifs is 2. The number of hydrogen-bond acceptors (Lipinski definition) is 10. The Balaban J connectivity index is 0.000000200. The van der Waals surface area contributed by atoms with Gasteiger partial charge in [0.05, 0.1) is 40.1 Å². The number of carbonyl (C=O) groups is 1. The standard InChI is InChI=1S/C25H29ClN2O3S.C14H17ClN2OS/c1-3-30-24(29)15-19-5-4-6-22(17(19)2)31-14-11-18-9-12-28(13-10-18)25-27-21-8-7-20(26)16-23(21)32-25;15-11-1-2-12-13(9-11)19-14(16-12)17-6-3-10(4-7-17)5-8-18/h4-8,16,18H,3,9-15H2,1-2H3;1-2,9-10,18H,3-8H2. The van der Waals surface area contributed by atoms with Crippen LogP contribution in [0.2, 0.25) is 10.0 Å². The van der Waals surface area contributed by atoms with E-state index in [1.54, 1.807) is 22.7 Å². The number of carbonyl (C=O) groups excluding carboxylic acids is 1. The normalized spacial score (nSPS) is 15.6. The summed E-state index contributed by atoms with van der Waals surface area (Å²) in [6, 6.07) is 17.6. The van der Waals surface area contributed by atoms with Gasteiger partial charge in [0.15, 0.2) is 10.3 Å². The van der Waals surface area contributed by atoms with Gasteiger partial charge in [-0.2, -0.15) is 0 Å². The van der Waals surface area contributed by atoms with Crippen molar-refractivity contribution in [1.82, 2.24) is 9.97 Å². The Hall–Kier alpha value is -3.15. The van der Waals surface area contributed by atoms with E-state index in [2.05, 4.69) is 14.8 Å². The minimum atomic E-state index is -0.198. The number of hydrogen-bond donors (Lipinski definition) is 1. The molecular weight excluding hydrogens is 723 g/mol. The number of aromatic nitrogens is 2. The van der Waals surface area contributed by atoms with Crippen molar-refractivity contribution < 1.29 is 19.4 Å². The maximum atomic E-state index is 11.8. The van der Waals surface area contributed by atoms with Crippen LogP contribution in [0, 0.1) is 18.8 Å². The molecule has 1 N–H and O–H groups in total. The molecule has 5 aromatic rings. The van der Waals surface area contributed by atoms with Gasteiger partial charge in [0.25, 0.3) is 0 Å². The predicted octanol–water partition coefficient (Wildman–Crippen LogP) is 9.60. The molecule has 3 aromatic carbocycles. The molecule has 2 aliphatic heterocycles. The average molecular weight is 770 g/mol. The zero-order valence-corrected chi connectivity index (χ0v) is 32.4. The Morgan fingerprint density at radius 3 is 1.92 bits per heavy atom. The van der Waals surface area contributed by atoms with E-state index in [4.69, 9.17) is 42.8 Å². The first-order valence-corrected chi connectivity index (χ1v) is 20.3. The van der Waals surface area contributed by atoms with E-state index in [-0.39, 0.29) is 12.4 Å². The van der Waals surface area contributed by atoms with Crippen molar-refractivity contribution in [3.8, 4) is 5.75 Å². The SMILES string of the molecule is CCOC(=O)Cc1cccc(OCCC2CCN(c3nc4ccc(Cl)cc4s3)CC2)c1C.OCCC1CCN(c2nc3ccc(Cl)cc3s2)CC1. The number of benzene rings is 3. The van der Waals surface area contributed by atoms with Gasteiger partial charge >= 0.3 is 5.97 Å². The van der Waals surface area contributed by atoms with Gasteiger partial charge in [-0.3, -0.25) is 4.79 Å². The lowest BCUT2D eigenvalue weighted by atomic mass is 9.94. The number of ether oxygens (including phenoxy) is 2. The van der Waals surface area contributed by atoms with Crippen molar-refractivity contribution in [1.29, 1.82) is 0 Å². The minimum Gasteiger partial charge on any atom is -0.493 e. The molecule has 7 rings (SSSR count). The summed E-state index contributed by atoms with van der Waals surface area (Å²) >= 11 is 15.6. The Labute approximate surface area is 318 Å². The molecule has 0 saturated carbocycles. The summed E-state index contributed by atoms with van der Waals surface area (Å²) in [4.78, 5) is 26.0. The first-order valence-electron chi connectivity index (χ1n) is 17.9. The van der Waals surface area contributed by atoms with E-state index >= 15 is 0 Å². The van der Waals surface area contributed by atoms with E-state index in [1.807, 2.05) is 68.4 Å². The predicted molar refractivity (Wildman–Crippen MR) is 212 cm³/mol. The molecule has 12 heteroatoms. The van der Waals surface area contributed by atoms with Crippen molar-refractivity contribution in [3.05, 3.63) is 75.8 Å². The fraction of sp³-hybridized carbons (Fsp3) is 0.462. The summed E-state index contributed by atoms with van der Waals surface area (Å²) in [5, 5.41) is 12.7. The van der Waals surface area contributed by atoms with Crippen molar-refractivity contribution in [2.75, 3.05) is 55.8 Å². The first kappa shape index (κ1) is 37.6. The number of halogens is 2.